The molecule has 80 valence electrons. The fraction of sp³-hybridized carbons (Fsp3) is 0.111. The second kappa shape index (κ2) is 4.52. The van der Waals surface area contributed by atoms with E-state index in [2.05, 4.69) is 4.74 Å². The molecular formula is C9H7FO5. The molecule has 0 aromatic heterocycles. The number of aliphatic hydroxyl groups is 1. The maximum absolute atomic E-state index is 13.1. The molecule has 0 unspecified atom stereocenters. The third-order valence-electron chi connectivity index (χ3n) is 1.53. The number of hydrogen-bond donors (Lipinski definition) is 2. The van der Waals surface area contributed by atoms with Crippen molar-refractivity contribution < 1.29 is 28.9 Å². The molecule has 1 rings (SSSR count). The van der Waals surface area contributed by atoms with Gasteiger partial charge in [0, 0.05) is 0 Å². The number of aliphatic hydroxyl groups excluding tert-OH is 1. The molecule has 0 aliphatic carbocycles. The summed E-state index contributed by atoms with van der Waals surface area (Å²) in [7, 11) is 0. The van der Waals surface area contributed by atoms with E-state index in [4.69, 9.17) is 10.2 Å². The second-order valence-corrected chi connectivity index (χ2v) is 2.58. The molecule has 0 bridgehead atoms. The van der Waals surface area contributed by atoms with E-state index in [-0.39, 0.29) is 5.56 Å². The molecule has 0 heterocycles. The summed E-state index contributed by atoms with van der Waals surface area (Å²) in [5, 5.41) is 16.9. The molecule has 5 nitrogen and oxygen atoms in total. The van der Waals surface area contributed by atoms with E-state index in [0.717, 1.165) is 18.2 Å². The lowest BCUT2D eigenvalue weighted by Gasteiger charge is -2.03. The van der Waals surface area contributed by atoms with Crippen molar-refractivity contribution >= 4 is 11.9 Å². The van der Waals surface area contributed by atoms with Gasteiger partial charge in [-0.2, -0.15) is 0 Å². The van der Waals surface area contributed by atoms with Crippen molar-refractivity contribution in [2.45, 2.75) is 0 Å². The Kier molecular flexibility index (Phi) is 3.35. The average Bonchev–Trinajstić information content (AvgIpc) is 2.20. The highest BCUT2D eigenvalue weighted by Crippen LogP contribution is 2.18. The molecule has 0 spiro atoms. The molecule has 1 aromatic carbocycles. The Hall–Kier alpha value is -1.95. The summed E-state index contributed by atoms with van der Waals surface area (Å²) in [6.45, 7) is -0.875. The van der Waals surface area contributed by atoms with Gasteiger partial charge in [0.25, 0.3) is 0 Å². The number of carbonyl (C=O) groups is 2. The van der Waals surface area contributed by atoms with Crippen LogP contribution in [-0.2, 0) is 4.79 Å². The number of benzene rings is 1. The Bertz CT molecular complexity index is 401. The van der Waals surface area contributed by atoms with Crippen LogP contribution in [0, 0.1) is 5.82 Å². The maximum atomic E-state index is 13.1. The summed E-state index contributed by atoms with van der Waals surface area (Å²) in [6.07, 6.45) is 0. The molecule has 0 saturated heterocycles. The van der Waals surface area contributed by atoms with Gasteiger partial charge in [0.1, 0.15) is 6.61 Å². The van der Waals surface area contributed by atoms with E-state index >= 15 is 0 Å². The molecule has 2 N–H and O–H groups in total. The summed E-state index contributed by atoms with van der Waals surface area (Å²) in [5.74, 6) is -3.69. The van der Waals surface area contributed by atoms with Gasteiger partial charge >= 0.3 is 11.9 Å². The van der Waals surface area contributed by atoms with Crippen molar-refractivity contribution in [3.05, 3.63) is 29.6 Å². The van der Waals surface area contributed by atoms with Gasteiger partial charge in [-0.1, -0.05) is 0 Å². The van der Waals surface area contributed by atoms with Crippen molar-refractivity contribution in [1.29, 1.82) is 0 Å². The molecule has 0 amide bonds. The summed E-state index contributed by atoms with van der Waals surface area (Å²) in [4.78, 5) is 21.0. The van der Waals surface area contributed by atoms with Crippen LogP contribution in [0.4, 0.5) is 4.39 Å². The standard InChI is InChI=1S/C9H7FO5/c10-6-3-5(9(13)14)1-2-7(6)15-8(12)4-11/h1-3,11H,4H2,(H,13,14). The van der Waals surface area contributed by atoms with E-state index in [0.29, 0.717) is 0 Å². The van der Waals surface area contributed by atoms with Crippen LogP contribution in [0.25, 0.3) is 0 Å². The third kappa shape index (κ3) is 2.75. The van der Waals surface area contributed by atoms with Gasteiger partial charge in [0.2, 0.25) is 0 Å². The molecule has 0 radical (unpaired) electrons. The van der Waals surface area contributed by atoms with Gasteiger partial charge in [-0.05, 0) is 18.2 Å². The van der Waals surface area contributed by atoms with Crippen LogP contribution in [-0.4, -0.2) is 28.8 Å². The molecule has 15 heavy (non-hydrogen) atoms. The Morgan fingerprint density at radius 2 is 2.07 bits per heavy atom. The highest BCUT2D eigenvalue weighted by Gasteiger charge is 2.11. The zero-order chi connectivity index (χ0) is 11.4. The molecule has 0 saturated carbocycles. The molecule has 1 aromatic rings. The summed E-state index contributed by atoms with van der Waals surface area (Å²) < 4.78 is 17.5. The van der Waals surface area contributed by atoms with Crippen molar-refractivity contribution in [3.8, 4) is 5.75 Å². The van der Waals surface area contributed by atoms with Crippen molar-refractivity contribution in [2.24, 2.45) is 0 Å². The lowest BCUT2D eigenvalue weighted by Crippen LogP contribution is -2.13. The second-order valence-electron chi connectivity index (χ2n) is 2.58. The largest absolute Gasteiger partial charge is 0.478 e. The summed E-state index contributed by atoms with van der Waals surface area (Å²) in [5.41, 5.74) is -0.253. The van der Waals surface area contributed by atoms with Gasteiger partial charge in [-0.25, -0.2) is 14.0 Å². The predicted molar refractivity (Wildman–Crippen MR) is 46.1 cm³/mol. The average molecular weight is 214 g/mol. The summed E-state index contributed by atoms with van der Waals surface area (Å²) in [6, 6.07) is 2.82. The lowest BCUT2D eigenvalue weighted by atomic mass is 10.2. The number of carboxylic acid groups (broad SMARTS) is 1. The Labute approximate surface area is 83.7 Å². The minimum atomic E-state index is -1.28. The van der Waals surface area contributed by atoms with Crippen LogP contribution in [0.2, 0.25) is 0 Å². The molecular weight excluding hydrogens is 207 g/mol. The smallest absolute Gasteiger partial charge is 0.337 e. The molecule has 0 aliphatic rings. The van der Waals surface area contributed by atoms with Gasteiger partial charge in [0.15, 0.2) is 11.6 Å². The van der Waals surface area contributed by atoms with E-state index < -0.39 is 30.1 Å². The van der Waals surface area contributed by atoms with Crippen molar-refractivity contribution in [2.75, 3.05) is 6.61 Å². The zero-order valence-electron chi connectivity index (χ0n) is 7.44. The number of aromatic carboxylic acids is 1. The number of hydrogen-bond acceptors (Lipinski definition) is 4. The van der Waals surface area contributed by atoms with Crippen molar-refractivity contribution in [3.63, 3.8) is 0 Å². The molecule has 0 fully saturated rings. The van der Waals surface area contributed by atoms with E-state index in [1.165, 1.54) is 0 Å². The first-order valence-electron chi connectivity index (χ1n) is 3.89. The molecule has 0 aliphatic heterocycles. The van der Waals surface area contributed by atoms with Gasteiger partial charge < -0.3 is 14.9 Å². The number of rotatable bonds is 3. The monoisotopic (exact) mass is 214 g/mol. The minimum Gasteiger partial charge on any atom is -0.478 e. The van der Waals surface area contributed by atoms with E-state index in [9.17, 15) is 14.0 Å². The fourth-order valence-corrected chi connectivity index (χ4v) is 0.872. The van der Waals surface area contributed by atoms with Gasteiger partial charge in [-0.15, -0.1) is 0 Å². The number of esters is 1. The Balaban J connectivity index is 2.93. The minimum absolute atomic E-state index is 0.253. The van der Waals surface area contributed by atoms with Crippen LogP contribution in [0.15, 0.2) is 18.2 Å². The number of carbonyl (C=O) groups excluding carboxylic acids is 1. The van der Waals surface area contributed by atoms with E-state index in [1.807, 2.05) is 0 Å². The number of carboxylic acids is 1. The highest BCUT2D eigenvalue weighted by molar-refractivity contribution is 5.87. The predicted octanol–water partition coefficient (Wildman–Crippen LogP) is 0.422. The van der Waals surface area contributed by atoms with Crippen LogP contribution >= 0.6 is 0 Å². The lowest BCUT2D eigenvalue weighted by molar-refractivity contribution is -0.137. The van der Waals surface area contributed by atoms with Crippen LogP contribution in [0.1, 0.15) is 10.4 Å². The first kappa shape index (κ1) is 11.1. The SMILES string of the molecule is O=C(CO)Oc1ccc(C(=O)O)cc1F. The number of ether oxygens (including phenoxy) is 1. The first-order valence-corrected chi connectivity index (χ1v) is 3.89. The summed E-state index contributed by atoms with van der Waals surface area (Å²) >= 11 is 0. The van der Waals surface area contributed by atoms with E-state index in [1.54, 1.807) is 0 Å². The van der Waals surface area contributed by atoms with Crippen LogP contribution in [0.3, 0.4) is 0 Å². The quantitative estimate of drug-likeness (QED) is 0.562. The van der Waals surface area contributed by atoms with Crippen LogP contribution < -0.4 is 4.74 Å². The first-order chi connectivity index (χ1) is 7.04. The molecule has 6 heteroatoms. The third-order valence-corrected chi connectivity index (χ3v) is 1.53. The number of halogens is 1. The Morgan fingerprint density at radius 3 is 2.53 bits per heavy atom. The fourth-order valence-electron chi connectivity index (χ4n) is 0.872. The van der Waals surface area contributed by atoms with Crippen LogP contribution in [0.5, 0.6) is 5.75 Å². The highest BCUT2D eigenvalue weighted by atomic mass is 19.1. The van der Waals surface area contributed by atoms with Gasteiger partial charge in [-0.3, -0.25) is 0 Å². The maximum Gasteiger partial charge on any atom is 0.337 e. The van der Waals surface area contributed by atoms with Crippen molar-refractivity contribution in [1.82, 2.24) is 0 Å². The zero-order valence-corrected chi connectivity index (χ0v) is 7.44. The topological polar surface area (TPSA) is 83.8 Å². The molecule has 0 atom stereocenters. The normalized spacial score (nSPS) is 9.73. The van der Waals surface area contributed by atoms with Gasteiger partial charge in [0.05, 0.1) is 5.56 Å². The Morgan fingerprint density at radius 1 is 1.40 bits per heavy atom.